The average Bonchev–Trinajstić information content (AvgIpc) is 3.84. The summed E-state index contributed by atoms with van der Waals surface area (Å²) in [6.07, 6.45) is 0. The number of nitrogens with zero attached hydrogens (tertiary/aromatic N) is 4. The van der Waals surface area contributed by atoms with Gasteiger partial charge in [-0.25, -0.2) is 15.0 Å². The number of fused-ring (bicyclic) bond motifs is 9. The van der Waals surface area contributed by atoms with Gasteiger partial charge in [-0.3, -0.25) is 0 Å². The Morgan fingerprint density at radius 1 is 0.345 bits per heavy atom. The molecule has 5 nitrogen and oxygen atoms in total. The summed E-state index contributed by atoms with van der Waals surface area (Å²) in [6, 6.07) is 68.2. The normalized spacial score (nSPS) is 11.8. The lowest BCUT2D eigenvalue weighted by Crippen LogP contribution is -2.00. The molecule has 5 heteroatoms. The molecule has 0 saturated carbocycles. The first-order chi connectivity index (χ1) is 28.7. The Morgan fingerprint density at radius 2 is 0.931 bits per heavy atom. The van der Waals surface area contributed by atoms with Crippen molar-refractivity contribution in [3.05, 3.63) is 194 Å². The monoisotopic (exact) mass is 740 g/mol. The third kappa shape index (κ3) is 5.14. The molecule has 3 heterocycles. The van der Waals surface area contributed by atoms with Crippen LogP contribution in [0.25, 0.3) is 116 Å². The fourth-order valence-corrected chi connectivity index (χ4v) is 8.67. The van der Waals surface area contributed by atoms with Crippen molar-refractivity contribution in [1.29, 1.82) is 0 Å². The Labute approximate surface area is 333 Å². The molecule has 0 N–H and O–H groups in total. The van der Waals surface area contributed by atoms with Gasteiger partial charge in [0.05, 0.1) is 11.0 Å². The van der Waals surface area contributed by atoms with Gasteiger partial charge in [0.2, 0.25) is 0 Å². The van der Waals surface area contributed by atoms with Crippen LogP contribution in [-0.2, 0) is 0 Å². The SMILES string of the molecule is c1ccc(-c2nc(-c3ccc(-c4ccc(-n5c6cc7ccccc7cc6c6c7ccccc7ccc65)cc4)cc3)nc(-c3cccc4oc5ccccc5c34)n2)cc1. The predicted octanol–water partition coefficient (Wildman–Crippen LogP) is 13.8. The van der Waals surface area contributed by atoms with Crippen LogP contribution in [0.2, 0.25) is 0 Å². The number of para-hydroxylation sites is 1. The van der Waals surface area contributed by atoms with Crippen molar-refractivity contribution in [3.8, 4) is 51.0 Å². The number of hydrogen-bond acceptors (Lipinski definition) is 4. The molecule has 0 unspecified atom stereocenters. The van der Waals surface area contributed by atoms with Crippen molar-refractivity contribution in [2.24, 2.45) is 0 Å². The summed E-state index contributed by atoms with van der Waals surface area (Å²) in [4.78, 5) is 15.1. The molecule has 3 aromatic heterocycles. The highest BCUT2D eigenvalue weighted by Gasteiger charge is 2.19. The Balaban J connectivity index is 0.945. The van der Waals surface area contributed by atoms with E-state index in [1.54, 1.807) is 0 Å². The number of rotatable bonds is 5. The van der Waals surface area contributed by atoms with E-state index < -0.39 is 0 Å². The van der Waals surface area contributed by atoms with E-state index in [1.165, 1.54) is 43.4 Å². The molecule has 0 spiro atoms. The number of benzene rings is 9. The summed E-state index contributed by atoms with van der Waals surface area (Å²) >= 11 is 0. The Hall–Kier alpha value is -7.89. The van der Waals surface area contributed by atoms with Crippen molar-refractivity contribution >= 4 is 65.3 Å². The zero-order valence-electron chi connectivity index (χ0n) is 31.2. The van der Waals surface area contributed by atoms with E-state index in [2.05, 4.69) is 138 Å². The molecule has 0 saturated heterocycles. The van der Waals surface area contributed by atoms with Gasteiger partial charge in [0, 0.05) is 43.9 Å². The third-order valence-corrected chi connectivity index (χ3v) is 11.4. The maximum Gasteiger partial charge on any atom is 0.164 e. The zero-order chi connectivity index (χ0) is 38.2. The highest BCUT2D eigenvalue weighted by Crippen LogP contribution is 2.40. The Bertz CT molecular complexity index is 3550. The summed E-state index contributed by atoms with van der Waals surface area (Å²) in [5.41, 5.74) is 10.2. The van der Waals surface area contributed by atoms with Crippen LogP contribution in [-0.4, -0.2) is 19.5 Å². The number of furan rings is 1. The molecular weight excluding hydrogens is 709 g/mol. The van der Waals surface area contributed by atoms with Crippen LogP contribution in [0.3, 0.4) is 0 Å². The highest BCUT2D eigenvalue weighted by atomic mass is 16.3. The minimum absolute atomic E-state index is 0.603. The van der Waals surface area contributed by atoms with E-state index >= 15 is 0 Å². The summed E-state index contributed by atoms with van der Waals surface area (Å²) in [6.45, 7) is 0. The Morgan fingerprint density at radius 3 is 1.71 bits per heavy atom. The molecule has 12 aromatic rings. The summed E-state index contributed by atoms with van der Waals surface area (Å²) < 4.78 is 8.63. The first kappa shape index (κ1) is 32.4. The van der Waals surface area contributed by atoms with Crippen molar-refractivity contribution in [2.75, 3.05) is 0 Å². The van der Waals surface area contributed by atoms with E-state index in [9.17, 15) is 0 Å². The standard InChI is InChI=1S/C53H32N4O/c1-2-12-36(13-3-1)51-54-52(56-53(55-51)43-18-10-20-48-50(43)42-17-8-9-19-47(42)58-48)37-23-21-33(22-24-37)34-25-28-40(29-26-34)57-45-30-27-35-11-6-7-16-41(35)49(45)44-31-38-14-4-5-15-39(38)32-46(44)57/h1-32H. The van der Waals surface area contributed by atoms with E-state index in [0.717, 1.165) is 55.4 Å². The predicted molar refractivity (Wildman–Crippen MR) is 238 cm³/mol. The lowest BCUT2D eigenvalue weighted by molar-refractivity contribution is 0.669. The first-order valence-corrected chi connectivity index (χ1v) is 19.5. The van der Waals surface area contributed by atoms with Gasteiger partial charge in [-0.05, 0) is 75.1 Å². The second kappa shape index (κ2) is 12.8. The van der Waals surface area contributed by atoms with Crippen molar-refractivity contribution in [2.45, 2.75) is 0 Å². The van der Waals surface area contributed by atoms with Gasteiger partial charge in [0.1, 0.15) is 11.2 Å². The van der Waals surface area contributed by atoms with Crippen LogP contribution in [0, 0.1) is 0 Å². The maximum absolute atomic E-state index is 6.22. The van der Waals surface area contributed by atoms with Gasteiger partial charge in [0.25, 0.3) is 0 Å². The average molecular weight is 741 g/mol. The minimum atomic E-state index is 0.603. The van der Waals surface area contributed by atoms with Crippen LogP contribution in [0.5, 0.6) is 0 Å². The van der Waals surface area contributed by atoms with Gasteiger partial charge in [-0.15, -0.1) is 0 Å². The highest BCUT2D eigenvalue weighted by molar-refractivity contribution is 6.23. The lowest BCUT2D eigenvalue weighted by atomic mass is 10.0. The van der Waals surface area contributed by atoms with Gasteiger partial charge in [-0.1, -0.05) is 152 Å². The molecule has 0 fully saturated rings. The summed E-state index contributed by atoms with van der Waals surface area (Å²) in [5, 5.41) is 9.56. The van der Waals surface area contributed by atoms with E-state index in [4.69, 9.17) is 19.4 Å². The van der Waals surface area contributed by atoms with Gasteiger partial charge < -0.3 is 8.98 Å². The molecular formula is C53H32N4O. The van der Waals surface area contributed by atoms with E-state index in [1.807, 2.05) is 60.7 Å². The largest absolute Gasteiger partial charge is 0.456 e. The van der Waals surface area contributed by atoms with Crippen molar-refractivity contribution in [3.63, 3.8) is 0 Å². The number of hydrogen-bond donors (Lipinski definition) is 0. The third-order valence-electron chi connectivity index (χ3n) is 11.4. The van der Waals surface area contributed by atoms with Crippen molar-refractivity contribution < 1.29 is 4.42 Å². The van der Waals surface area contributed by atoms with Gasteiger partial charge in [0.15, 0.2) is 17.5 Å². The van der Waals surface area contributed by atoms with Crippen molar-refractivity contribution in [1.82, 2.24) is 19.5 Å². The summed E-state index contributed by atoms with van der Waals surface area (Å²) in [5.74, 6) is 1.84. The molecule has 0 aliphatic carbocycles. The molecule has 0 atom stereocenters. The molecule has 12 rings (SSSR count). The van der Waals surface area contributed by atoms with Gasteiger partial charge in [-0.2, -0.15) is 0 Å². The molecule has 0 aliphatic heterocycles. The number of aromatic nitrogens is 4. The van der Waals surface area contributed by atoms with Crippen LogP contribution < -0.4 is 0 Å². The fourth-order valence-electron chi connectivity index (χ4n) is 8.67. The maximum atomic E-state index is 6.22. The molecule has 0 bridgehead atoms. The van der Waals surface area contributed by atoms with Crippen LogP contribution in [0.4, 0.5) is 0 Å². The van der Waals surface area contributed by atoms with E-state index in [-0.39, 0.29) is 0 Å². The second-order valence-corrected chi connectivity index (χ2v) is 14.8. The van der Waals surface area contributed by atoms with E-state index in [0.29, 0.717) is 17.5 Å². The van der Waals surface area contributed by atoms with Crippen LogP contribution >= 0.6 is 0 Å². The minimum Gasteiger partial charge on any atom is -0.456 e. The summed E-state index contributed by atoms with van der Waals surface area (Å²) in [7, 11) is 0. The molecule has 9 aromatic carbocycles. The van der Waals surface area contributed by atoms with Crippen LogP contribution in [0.15, 0.2) is 199 Å². The van der Waals surface area contributed by atoms with Gasteiger partial charge >= 0.3 is 0 Å². The zero-order valence-corrected chi connectivity index (χ0v) is 31.2. The Kier molecular flexibility index (Phi) is 7.16. The smallest absolute Gasteiger partial charge is 0.164 e. The topological polar surface area (TPSA) is 56.7 Å². The quantitative estimate of drug-likeness (QED) is 0.176. The lowest BCUT2D eigenvalue weighted by Gasteiger charge is -2.11. The molecule has 0 radical (unpaired) electrons. The molecule has 0 aliphatic rings. The molecule has 58 heavy (non-hydrogen) atoms. The molecule has 270 valence electrons. The molecule has 0 amide bonds. The van der Waals surface area contributed by atoms with Crippen LogP contribution in [0.1, 0.15) is 0 Å². The first-order valence-electron chi connectivity index (χ1n) is 19.5. The fraction of sp³-hybridized carbons (Fsp3) is 0. The second-order valence-electron chi connectivity index (χ2n) is 14.8.